The number of carboxylic acid groups (broad SMARTS) is 1. The smallest absolute Gasteiger partial charge is 0.328 e. The number of aliphatic carboxylic acids is 1. The lowest BCUT2D eigenvalue weighted by atomic mass is 9.96. The highest BCUT2D eigenvalue weighted by Crippen LogP contribution is 2.38. The summed E-state index contributed by atoms with van der Waals surface area (Å²) in [5, 5.41) is 11.6. The van der Waals surface area contributed by atoms with Gasteiger partial charge in [-0.2, -0.15) is 0 Å². The highest BCUT2D eigenvalue weighted by Gasteiger charge is 2.53. The molecule has 0 bridgehead atoms. The van der Waals surface area contributed by atoms with Gasteiger partial charge in [0.25, 0.3) is 5.91 Å². The molecule has 6 heteroatoms. The van der Waals surface area contributed by atoms with Gasteiger partial charge in [0.05, 0.1) is 6.61 Å². The van der Waals surface area contributed by atoms with Crippen LogP contribution in [0.1, 0.15) is 23.2 Å². The second-order valence-electron chi connectivity index (χ2n) is 7.15. The van der Waals surface area contributed by atoms with Gasteiger partial charge in [0, 0.05) is 31.5 Å². The van der Waals surface area contributed by atoms with E-state index in [-0.39, 0.29) is 12.5 Å². The molecule has 2 aromatic carbocycles. The molecule has 2 heterocycles. The summed E-state index contributed by atoms with van der Waals surface area (Å²) in [4.78, 5) is 28.7. The number of carboxylic acids is 1. The molecule has 1 N–H and O–H groups in total. The number of amides is 1. The lowest BCUT2D eigenvalue weighted by Gasteiger charge is -2.43. The molecule has 0 aliphatic carbocycles. The fraction of sp³-hybridized carbons (Fsp3) is 0.400. The molecule has 0 saturated carbocycles. The Balaban J connectivity index is 1.72. The zero-order valence-corrected chi connectivity index (χ0v) is 14.7. The fourth-order valence-electron chi connectivity index (χ4n) is 3.99. The number of carbonyl (C=O) groups is 2. The Kier molecular flexibility index (Phi) is 4.17. The van der Waals surface area contributed by atoms with Crippen LogP contribution in [0.5, 0.6) is 0 Å². The number of carbonyl (C=O) groups excluding carboxylic acids is 1. The van der Waals surface area contributed by atoms with Gasteiger partial charge in [-0.3, -0.25) is 9.69 Å². The zero-order chi connectivity index (χ0) is 18.3. The molecule has 2 aliphatic heterocycles. The monoisotopic (exact) mass is 354 g/mol. The van der Waals surface area contributed by atoms with E-state index in [1.54, 1.807) is 6.07 Å². The minimum Gasteiger partial charge on any atom is -0.480 e. The van der Waals surface area contributed by atoms with Crippen molar-refractivity contribution in [1.29, 1.82) is 0 Å². The predicted molar refractivity (Wildman–Crippen MR) is 97.0 cm³/mol. The van der Waals surface area contributed by atoms with Crippen molar-refractivity contribution < 1.29 is 19.4 Å². The average Bonchev–Trinajstić information content (AvgIpc) is 3.02. The van der Waals surface area contributed by atoms with Crippen molar-refractivity contribution in [2.24, 2.45) is 0 Å². The molecule has 26 heavy (non-hydrogen) atoms. The number of hydrogen-bond donors (Lipinski definition) is 1. The van der Waals surface area contributed by atoms with Crippen molar-refractivity contribution in [3.63, 3.8) is 0 Å². The average molecular weight is 354 g/mol. The Morgan fingerprint density at radius 1 is 1.12 bits per heavy atom. The summed E-state index contributed by atoms with van der Waals surface area (Å²) >= 11 is 0. The van der Waals surface area contributed by atoms with E-state index >= 15 is 0 Å². The van der Waals surface area contributed by atoms with Gasteiger partial charge in [-0.25, -0.2) is 4.79 Å². The lowest BCUT2D eigenvalue weighted by molar-refractivity contribution is -0.143. The van der Waals surface area contributed by atoms with Gasteiger partial charge in [0.15, 0.2) is 6.04 Å². The minimum atomic E-state index is -1.02. The van der Waals surface area contributed by atoms with Crippen molar-refractivity contribution in [2.45, 2.75) is 24.6 Å². The van der Waals surface area contributed by atoms with Crippen LogP contribution >= 0.6 is 0 Å². The van der Waals surface area contributed by atoms with Crippen molar-refractivity contribution in [1.82, 2.24) is 9.80 Å². The van der Waals surface area contributed by atoms with Crippen LogP contribution in [-0.4, -0.2) is 65.3 Å². The Morgan fingerprint density at radius 2 is 1.81 bits per heavy atom. The second-order valence-corrected chi connectivity index (χ2v) is 7.15. The number of fused-ring (bicyclic) bond motifs is 1. The van der Waals surface area contributed by atoms with Crippen LogP contribution in [0, 0.1) is 0 Å². The second kappa shape index (κ2) is 6.37. The lowest BCUT2D eigenvalue weighted by Crippen LogP contribution is -2.57. The summed E-state index contributed by atoms with van der Waals surface area (Å²) in [5.74, 6) is -1.29. The van der Waals surface area contributed by atoms with E-state index in [0.717, 1.165) is 23.9 Å². The summed E-state index contributed by atoms with van der Waals surface area (Å²) in [6.07, 6.45) is 1.24. The molecular weight excluding hydrogens is 332 g/mol. The van der Waals surface area contributed by atoms with E-state index < -0.39 is 17.7 Å². The number of ether oxygens (including phenoxy) is 1. The van der Waals surface area contributed by atoms with Crippen LogP contribution in [0.3, 0.4) is 0 Å². The Bertz CT molecular complexity index is 858. The molecule has 1 amide bonds. The highest BCUT2D eigenvalue weighted by molar-refractivity contribution is 6.00. The molecule has 2 saturated heterocycles. The van der Waals surface area contributed by atoms with Gasteiger partial charge in [0.2, 0.25) is 0 Å². The number of rotatable bonds is 2. The van der Waals surface area contributed by atoms with E-state index in [9.17, 15) is 14.7 Å². The predicted octanol–water partition coefficient (Wildman–Crippen LogP) is 2.19. The maximum atomic E-state index is 13.3. The molecule has 136 valence electrons. The van der Waals surface area contributed by atoms with Gasteiger partial charge in [0.1, 0.15) is 5.72 Å². The molecule has 1 atom stereocenters. The number of nitrogens with zero attached hydrogens (tertiary/aromatic N) is 2. The van der Waals surface area contributed by atoms with Gasteiger partial charge < -0.3 is 14.7 Å². The van der Waals surface area contributed by atoms with E-state index in [1.807, 2.05) is 43.4 Å². The molecule has 6 nitrogen and oxygen atoms in total. The first kappa shape index (κ1) is 17.0. The highest BCUT2D eigenvalue weighted by atomic mass is 16.5. The summed E-state index contributed by atoms with van der Waals surface area (Å²) in [5.41, 5.74) is -0.322. The molecular formula is C20H22N2O4. The number of benzene rings is 2. The van der Waals surface area contributed by atoms with Crippen LogP contribution in [0.4, 0.5) is 0 Å². The Morgan fingerprint density at radius 3 is 2.50 bits per heavy atom. The van der Waals surface area contributed by atoms with E-state index in [1.165, 1.54) is 4.90 Å². The maximum absolute atomic E-state index is 13.3. The molecule has 2 aliphatic rings. The van der Waals surface area contributed by atoms with E-state index in [2.05, 4.69) is 4.90 Å². The molecule has 2 fully saturated rings. The van der Waals surface area contributed by atoms with Gasteiger partial charge in [-0.05, 0) is 30.0 Å². The third-order valence-electron chi connectivity index (χ3n) is 5.53. The largest absolute Gasteiger partial charge is 0.480 e. The van der Waals surface area contributed by atoms with E-state index in [4.69, 9.17) is 4.74 Å². The van der Waals surface area contributed by atoms with Crippen LogP contribution in [-0.2, 0) is 9.53 Å². The molecule has 0 aromatic heterocycles. The van der Waals surface area contributed by atoms with Crippen molar-refractivity contribution >= 4 is 22.6 Å². The molecule has 0 radical (unpaired) electrons. The van der Waals surface area contributed by atoms with Crippen molar-refractivity contribution in [2.75, 3.05) is 26.7 Å². The number of likely N-dealkylation sites (tertiary alicyclic amines) is 1. The van der Waals surface area contributed by atoms with Crippen molar-refractivity contribution in [3.05, 3.63) is 48.0 Å². The number of piperidine rings is 1. The summed E-state index contributed by atoms with van der Waals surface area (Å²) in [7, 11) is 2.02. The SMILES string of the molecule is CN1CCC2(CC1)OCC(C(=O)O)N2C(=O)c1ccc2ccccc2c1. The van der Waals surface area contributed by atoms with Crippen molar-refractivity contribution in [3.8, 4) is 0 Å². The Hall–Kier alpha value is -2.44. The van der Waals surface area contributed by atoms with Crippen LogP contribution in [0.25, 0.3) is 10.8 Å². The minimum absolute atomic E-state index is 0.0400. The van der Waals surface area contributed by atoms with Crippen LogP contribution in [0.2, 0.25) is 0 Å². The summed E-state index contributed by atoms with van der Waals surface area (Å²) in [6.45, 7) is 1.58. The molecule has 2 aromatic rings. The normalized spacial score (nSPS) is 22.8. The quantitative estimate of drug-likeness (QED) is 0.895. The first-order chi connectivity index (χ1) is 12.5. The molecule has 1 unspecified atom stereocenters. The topological polar surface area (TPSA) is 70.1 Å². The van der Waals surface area contributed by atoms with Gasteiger partial charge in [-0.15, -0.1) is 0 Å². The summed E-state index contributed by atoms with van der Waals surface area (Å²) in [6, 6.07) is 12.4. The zero-order valence-electron chi connectivity index (χ0n) is 14.7. The third kappa shape index (κ3) is 2.75. The third-order valence-corrected chi connectivity index (χ3v) is 5.53. The van der Waals surface area contributed by atoms with Crippen LogP contribution < -0.4 is 0 Å². The fourth-order valence-corrected chi connectivity index (χ4v) is 3.99. The first-order valence-corrected chi connectivity index (χ1v) is 8.88. The maximum Gasteiger partial charge on any atom is 0.328 e. The van der Waals surface area contributed by atoms with Gasteiger partial charge >= 0.3 is 5.97 Å². The van der Waals surface area contributed by atoms with Gasteiger partial charge in [-0.1, -0.05) is 30.3 Å². The molecule has 1 spiro atoms. The molecule has 4 rings (SSSR count). The standard InChI is InChI=1S/C20H22N2O4/c1-21-10-8-20(9-11-21)22(17(13-26-20)19(24)25)18(23)16-7-6-14-4-2-3-5-15(14)12-16/h2-7,12,17H,8-11,13H2,1H3,(H,24,25). The summed E-state index contributed by atoms with van der Waals surface area (Å²) < 4.78 is 5.94. The number of hydrogen-bond acceptors (Lipinski definition) is 4. The first-order valence-electron chi connectivity index (χ1n) is 8.88. The Labute approximate surface area is 152 Å². The van der Waals surface area contributed by atoms with E-state index in [0.29, 0.717) is 18.4 Å². The van der Waals surface area contributed by atoms with Crippen LogP contribution in [0.15, 0.2) is 42.5 Å².